The van der Waals surface area contributed by atoms with Gasteiger partial charge in [0, 0.05) is 38.7 Å². The molecule has 1 amide bonds. The molecule has 0 aliphatic carbocycles. The smallest absolute Gasteiger partial charge is 0.326 e. The summed E-state index contributed by atoms with van der Waals surface area (Å²) < 4.78 is 6.86. The number of rotatable bonds is 3. The van der Waals surface area contributed by atoms with Crippen LogP contribution in [-0.4, -0.2) is 62.4 Å². The van der Waals surface area contributed by atoms with Crippen LogP contribution in [0.3, 0.4) is 0 Å². The van der Waals surface area contributed by atoms with Crippen LogP contribution in [0.25, 0.3) is 11.0 Å². The number of carboxylic acids is 1. The zero-order valence-electron chi connectivity index (χ0n) is 13.2. The lowest BCUT2D eigenvalue weighted by molar-refractivity contribution is -0.141. The Balaban J connectivity index is 1.96. The number of aliphatic carboxylic acids is 1. The van der Waals surface area contributed by atoms with Crippen molar-refractivity contribution in [2.75, 3.05) is 13.7 Å². The number of hydrogen-bond acceptors (Lipinski definition) is 5. The third-order valence-corrected chi connectivity index (χ3v) is 4.25. The summed E-state index contributed by atoms with van der Waals surface area (Å²) in [4.78, 5) is 29.7. The summed E-state index contributed by atoms with van der Waals surface area (Å²) in [6.45, 7) is 2.10. The highest BCUT2D eigenvalue weighted by molar-refractivity contribution is 5.99. The SMILES string of the molecule is COC1CC(C(=O)O)N(C(=O)c2cnc3c(c2)c(C)nn3C)C1. The third kappa shape index (κ3) is 2.55. The van der Waals surface area contributed by atoms with Crippen LogP contribution >= 0.6 is 0 Å². The predicted molar refractivity (Wildman–Crippen MR) is 81.1 cm³/mol. The van der Waals surface area contributed by atoms with E-state index >= 15 is 0 Å². The number of ether oxygens (including phenoxy) is 1. The molecule has 2 atom stereocenters. The van der Waals surface area contributed by atoms with Crippen molar-refractivity contribution in [1.29, 1.82) is 0 Å². The van der Waals surface area contributed by atoms with Gasteiger partial charge in [0.1, 0.15) is 6.04 Å². The van der Waals surface area contributed by atoms with Crippen molar-refractivity contribution in [2.24, 2.45) is 7.05 Å². The molecular weight excluding hydrogens is 300 g/mol. The molecule has 8 heteroatoms. The molecule has 0 spiro atoms. The number of fused-ring (bicyclic) bond motifs is 1. The number of methoxy groups -OCH3 is 1. The van der Waals surface area contributed by atoms with E-state index in [0.29, 0.717) is 17.6 Å². The summed E-state index contributed by atoms with van der Waals surface area (Å²) in [5.41, 5.74) is 1.82. The molecular formula is C15H18N4O4. The van der Waals surface area contributed by atoms with Crippen molar-refractivity contribution in [3.05, 3.63) is 23.5 Å². The van der Waals surface area contributed by atoms with Gasteiger partial charge in [-0.15, -0.1) is 0 Å². The summed E-state index contributed by atoms with van der Waals surface area (Å²) in [5.74, 6) is -1.38. The summed E-state index contributed by atoms with van der Waals surface area (Å²) in [5, 5.41) is 14.4. The number of carbonyl (C=O) groups excluding carboxylic acids is 1. The van der Waals surface area contributed by atoms with E-state index in [1.54, 1.807) is 17.8 Å². The van der Waals surface area contributed by atoms with Crippen LogP contribution in [0, 0.1) is 6.92 Å². The number of pyridine rings is 1. The zero-order chi connectivity index (χ0) is 16.7. The van der Waals surface area contributed by atoms with Gasteiger partial charge >= 0.3 is 5.97 Å². The number of likely N-dealkylation sites (tertiary alicyclic amines) is 1. The van der Waals surface area contributed by atoms with Gasteiger partial charge in [0.05, 0.1) is 17.4 Å². The molecule has 23 heavy (non-hydrogen) atoms. The Bertz CT molecular complexity index is 785. The first-order valence-corrected chi connectivity index (χ1v) is 7.28. The highest BCUT2D eigenvalue weighted by Gasteiger charge is 2.40. The normalized spacial score (nSPS) is 21.1. The summed E-state index contributed by atoms with van der Waals surface area (Å²) >= 11 is 0. The average Bonchev–Trinajstić information content (AvgIpc) is 3.08. The van der Waals surface area contributed by atoms with Crippen LogP contribution in [0.2, 0.25) is 0 Å². The summed E-state index contributed by atoms with van der Waals surface area (Å²) in [6.07, 6.45) is 1.49. The number of amides is 1. The van der Waals surface area contributed by atoms with Gasteiger partial charge in [0.2, 0.25) is 0 Å². The lowest BCUT2D eigenvalue weighted by atomic mass is 10.1. The average molecular weight is 318 g/mol. The van der Waals surface area contributed by atoms with Crippen LogP contribution in [0.1, 0.15) is 22.5 Å². The van der Waals surface area contributed by atoms with Gasteiger partial charge in [-0.25, -0.2) is 9.78 Å². The zero-order valence-corrected chi connectivity index (χ0v) is 13.2. The Morgan fingerprint density at radius 1 is 1.43 bits per heavy atom. The molecule has 2 aromatic heterocycles. The fourth-order valence-corrected chi connectivity index (χ4v) is 3.02. The quantitative estimate of drug-likeness (QED) is 0.889. The largest absolute Gasteiger partial charge is 0.480 e. The van der Waals surface area contributed by atoms with Crippen molar-refractivity contribution in [2.45, 2.75) is 25.5 Å². The van der Waals surface area contributed by atoms with E-state index in [-0.39, 0.29) is 18.6 Å². The van der Waals surface area contributed by atoms with E-state index in [4.69, 9.17) is 4.74 Å². The molecule has 8 nitrogen and oxygen atoms in total. The van der Waals surface area contributed by atoms with Gasteiger partial charge in [0.15, 0.2) is 5.65 Å². The first kappa shape index (κ1) is 15.4. The second-order valence-corrected chi connectivity index (χ2v) is 5.71. The summed E-state index contributed by atoms with van der Waals surface area (Å²) in [7, 11) is 3.30. The van der Waals surface area contributed by atoms with Crippen molar-refractivity contribution in [1.82, 2.24) is 19.7 Å². The van der Waals surface area contributed by atoms with E-state index in [1.165, 1.54) is 18.2 Å². The van der Waals surface area contributed by atoms with Crippen LogP contribution in [0.5, 0.6) is 0 Å². The minimum absolute atomic E-state index is 0.260. The molecule has 2 aromatic rings. The molecule has 1 aliphatic rings. The van der Waals surface area contributed by atoms with Gasteiger partial charge in [-0.3, -0.25) is 9.48 Å². The fraction of sp³-hybridized carbons (Fsp3) is 0.467. The second-order valence-electron chi connectivity index (χ2n) is 5.71. The highest BCUT2D eigenvalue weighted by Crippen LogP contribution is 2.24. The number of carbonyl (C=O) groups is 2. The number of aryl methyl sites for hydroxylation is 2. The van der Waals surface area contributed by atoms with Crippen molar-refractivity contribution in [3.8, 4) is 0 Å². The van der Waals surface area contributed by atoms with Crippen molar-refractivity contribution >= 4 is 22.9 Å². The molecule has 1 fully saturated rings. The van der Waals surface area contributed by atoms with Gasteiger partial charge in [-0.05, 0) is 13.0 Å². The Morgan fingerprint density at radius 2 is 2.17 bits per heavy atom. The Labute approximate surface area is 132 Å². The lowest BCUT2D eigenvalue weighted by Gasteiger charge is -2.21. The van der Waals surface area contributed by atoms with Crippen LogP contribution in [0.4, 0.5) is 0 Å². The van der Waals surface area contributed by atoms with E-state index in [2.05, 4.69) is 10.1 Å². The van der Waals surface area contributed by atoms with E-state index in [1.807, 2.05) is 6.92 Å². The van der Waals surface area contributed by atoms with Gasteiger partial charge in [-0.2, -0.15) is 5.10 Å². The van der Waals surface area contributed by atoms with E-state index in [9.17, 15) is 14.7 Å². The summed E-state index contributed by atoms with van der Waals surface area (Å²) in [6, 6.07) is 0.838. The number of nitrogens with zero attached hydrogens (tertiary/aromatic N) is 4. The topological polar surface area (TPSA) is 97.6 Å². The highest BCUT2D eigenvalue weighted by atomic mass is 16.5. The number of carboxylic acid groups (broad SMARTS) is 1. The minimum atomic E-state index is -1.02. The molecule has 0 aromatic carbocycles. The molecule has 0 saturated carbocycles. The van der Waals surface area contributed by atoms with Gasteiger partial charge in [0.25, 0.3) is 5.91 Å². The lowest BCUT2D eigenvalue weighted by Crippen LogP contribution is -2.40. The molecule has 1 aliphatic heterocycles. The monoisotopic (exact) mass is 318 g/mol. The van der Waals surface area contributed by atoms with Crippen LogP contribution < -0.4 is 0 Å². The first-order chi connectivity index (χ1) is 10.9. The predicted octanol–water partition coefficient (Wildman–Crippen LogP) is 0.591. The molecule has 3 rings (SSSR count). The maximum absolute atomic E-state index is 12.7. The molecule has 0 radical (unpaired) electrons. The Hall–Kier alpha value is -2.48. The van der Waals surface area contributed by atoms with Crippen molar-refractivity contribution in [3.63, 3.8) is 0 Å². The third-order valence-electron chi connectivity index (χ3n) is 4.25. The molecule has 3 heterocycles. The Morgan fingerprint density at radius 3 is 2.83 bits per heavy atom. The van der Waals surface area contributed by atoms with Crippen molar-refractivity contribution < 1.29 is 19.4 Å². The maximum Gasteiger partial charge on any atom is 0.326 e. The van der Waals surface area contributed by atoms with Crippen LogP contribution in [0.15, 0.2) is 12.3 Å². The van der Waals surface area contributed by atoms with E-state index < -0.39 is 12.0 Å². The molecule has 122 valence electrons. The van der Waals surface area contributed by atoms with Crippen LogP contribution in [-0.2, 0) is 16.6 Å². The Kier molecular flexibility index (Phi) is 3.77. The molecule has 1 saturated heterocycles. The fourth-order valence-electron chi connectivity index (χ4n) is 3.02. The first-order valence-electron chi connectivity index (χ1n) is 7.28. The van der Waals surface area contributed by atoms with Gasteiger partial charge < -0.3 is 14.7 Å². The van der Waals surface area contributed by atoms with E-state index in [0.717, 1.165) is 11.1 Å². The molecule has 2 unspecified atom stereocenters. The standard InChI is InChI=1S/C15H18N4O4/c1-8-11-4-9(6-16-13(11)18(2)17-8)14(20)19-7-10(23-3)5-12(19)15(21)22/h4,6,10,12H,5,7H2,1-3H3,(H,21,22). The second kappa shape index (κ2) is 5.62. The maximum atomic E-state index is 12.7. The number of hydrogen-bond donors (Lipinski definition) is 1. The number of aromatic nitrogens is 3. The molecule has 0 bridgehead atoms. The van der Waals surface area contributed by atoms with Gasteiger partial charge in [-0.1, -0.05) is 0 Å². The minimum Gasteiger partial charge on any atom is -0.480 e. The molecule has 1 N–H and O–H groups in total.